The van der Waals surface area contributed by atoms with Crippen molar-refractivity contribution in [3.8, 4) is 16.9 Å². The average Bonchev–Trinajstić information content (AvgIpc) is 3.44. The van der Waals surface area contributed by atoms with Gasteiger partial charge < -0.3 is 9.88 Å². The Labute approximate surface area is 176 Å². The van der Waals surface area contributed by atoms with Crippen LogP contribution in [-0.4, -0.2) is 31.3 Å². The number of carbonyl (C=O) groups is 1. The molecular weight excluding hydrogens is 374 g/mol. The molecule has 1 unspecified atom stereocenters. The van der Waals surface area contributed by atoms with Crippen molar-refractivity contribution in [2.24, 2.45) is 0 Å². The Balaban J connectivity index is 1.65. The van der Waals surface area contributed by atoms with Gasteiger partial charge in [-0.15, -0.1) is 0 Å². The topological polar surface area (TPSA) is 64.7 Å². The molecule has 2 aromatic carbocycles. The fourth-order valence-electron chi connectivity index (χ4n) is 3.42. The number of imidazole rings is 1. The summed E-state index contributed by atoms with van der Waals surface area (Å²) >= 11 is 0. The van der Waals surface area contributed by atoms with Gasteiger partial charge in [-0.05, 0) is 31.0 Å². The smallest absolute Gasteiger partial charge is 0.255 e. The second kappa shape index (κ2) is 8.78. The molecule has 0 aliphatic heterocycles. The van der Waals surface area contributed by atoms with Crippen molar-refractivity contribution in [2.45, 2.75) is 32.9 Å². The number of hydrogen-bond donors (Lipinski definition) is 1. The molecule has 6 nitrogen and oxygen atoms in total. The van der Waals surface area contributed by atoms with Gasteiger partial charge in [0.05, 0.1) is 17.6 Å². The van der Waals surface area contributed by atoms with Crippen LogP contribution < -0.4 is 5.32 Å². The molecule has 6 heteroatoms. The number of amides is 1. The van der Waals surface area contributed by atoms with Crippen LogP contribution in [0.1, 0.15) is 29.8 Å². The summed E-state index contributed by atoms with van der Waals surface area (Å²) in [5, 5.41) is 7.84. The molecule has 0 radical (unpaired) electrons. The lowest BCUT2D eigenvalue weighted by molar-refractivity contribution is 0.0937. The first-order valence-electron chi connectivity index (χ1n) is 10.1. The van der Waals surface area contributed by atoms with Crippen LogP contribution in [0.5, 0.6) is 0 Å². The zero-order chi connectivity index (χ0) is 20.9. The van der Waals surface area contributed by atoms with E-state index in [1.54, 1.807) is 23.4 Å². The van der Waals surface area contributed by atoms with E-state index in [-0.39, 0.29) is 11.9 Å². The van der Waals surface area contributed by atoms with Crippen molar-refractivity contribution in [3.05, 3.63) is 90.6 Å². The van der Waals surface area contributed by atoms with Crippen LogP contribution in [0.15, 0.2) is 79.5 Å². The third kappa shape index (κ3) is 4.33. The highest BCUT2D eigenvalue weighted by molar-refractivity contribution is 6.00. The van der Waals surface area contributed by atoms with E-state index < -0.39 is 0 Å². The van der Waals surface area contributed by atoms with Crippen LogP contribution >= 0.6 is 0 Å². The average molecular weight is 399 g/mol. The Morgan fingerprint density at radius 2 is 1.87 bits per heavy atom. The minimum atomic E-state index is -0.139. The summed E-state index contributed by atoms with van der Waals surface area (Å²) in [5.41, 5.74) is 4.32. The van der Waals surface area contributed by atoms with E-state index in [4.69, 9.17) is 5.10 Å². The van der Waals surface area contributed by atoms with E-state index in [1.165, 1.54) is 5.56 Å². The number of aromatic nitrogens is 4. The zero-order valence-electron chi connectivity index (χ0n) is 17.2. The van der Waals surface area contributed by atoms with Gasteiger partial charge in [-0.25, -0.2) is 9.67 Å². The lowest BCUT2D eigenvalue weighted by atomic mass is 10.0. The van der Waals surface area contributed by atoms with Crippen molar-refractivity contribution in [1.82, 2.24) is 24.6 Å². The van der Waals surface area contributed by atoms with Crippen LogP contribution in [0.3, 0.4) is 0 Å². The van der Waals surface area contributed by atoms with Crippen molar-refractivity contribution >= 4 is 5.91 Å². The minimum absolute atomic E-state index is 0.0536. The second-order valence-electron chi connectivity index (χ2n) is 7.36. The number of rotatable bonds is 7. The molecule has 2 heterocycles. The van der Waals surface area contributed by atoms with Crippen LogP contribution in [0.4, 0.5) is 0 Å². The maximum Gasteiger partial charge on any atom is 0.255 e. The number of para-hydroxylation sites is 1. The Kier molecular flexibility index (Phi) is 5.75. The number of carbonyl (C=O) groups excluding carboxylic acids is 1. The van der Waals surface area contributed by atoms with Crippen molar-refractivity contribution < 1.29 is 4.79 Å². The molecule has 152 valence electrons. The molecule has 0 saturated heterocycles. The number of hydrogen-bond acceptors (Lipinski definition) is 3. The predicted molar refractivity (Wildman–Crippen MR) is 118 cm³/mol. The Morgan fingerprint density at radius 1 is 1.10 bits per heavy atom. The first-order valence-corrected chi connectivity index (χ1v) is 10.1. The number of aryl methyl sites for hydroxylation is 1. The summed E-state index contributed by atoms with van der Waals surface area (Å²) in [6.45, 7) is 4.76. The van der Waals surface area contributed by atoms with E-state index in [2.05, 4.69) is 29.4 Å². The molecular formula is C24H25N5O. The molecule has 1 N–H and O–H groups in total. The molecule has 0 spiro atoms. The number of nitrogens with zero attached hydrogens (tertiary/aromatic N) is 4. The minimum Gasteiger partial charge on any atom is -0.348 e. The van der Waals surface area contributed by atoms with E-state index in [1.807, 2.05) is 60.2 Å². The summed E-state index contributed by atoms with van der Waals surface area (Å²) in [6.07, 6.45) is 8.14. The monoisotopic (exact) mass is 399 g/mol. The number of benzene rings is 2. The van der Waals surface area contributed by atoms with Crippen molar-refractivity contribution in [3.63, 3.8) is 0 Å². The van der Waals surface area contributed by atoms with Gasteiger partial charge >= 0.3 is 0 Å². The fraction of sp³-hybridized carbons (Fsp3) is 0.208. The molecule has 30 heavy (non-hydrogen) atoms. The highest BCUT2D eigenvalue weighted by atomic mass is 16.1. The largest absolute Gasteiger partial charge is 0.348 e. The van der Waals surface area contributed by atoms with Gasteiger partial charge in [0.2, 0.25) is 0 Å². The van der Waals surface area contributed by atoms with Gasteiger partial charge in [0.25, 0.3) is 5.91 Å². The highest BCUT2D eigenvalue weighted by Gasteiger charge is 2.20. The van der Waals surface area contributed by atoms with Gasteiger partial charge in [0, 0.05) is 36.7 Å². The van der Waals surface area contributed by atoms with Crippen LogP contribution in [0.2, 0.25) is 0 Å². The predicted octanol–water partition coefficient (Wildman–Crippen LogP) is 4.12. The van der Waals surface area contributed by atoms with Gasteiger partial charge in [-0.2, -0.15) is 5.10 Å². The molecule has 4 aromatic rings. The third-order valence-corrected chi connectivity index (χ3v) is 5.04. The molecule has 1 amide bonds. The maximum atomic E-state index is 13.2. The normalized spacial score (nSPS) is 11.9. The first kappa shape index (κ1) is 19.6. The van der Waals surface area contributed by atoms with Crippen molar-refractivity contribution in [2.75, 3.05) is 0 Å². The summed E-state index contributed by atoms with van der Waals surface area (Å²) < 4.78 is 3.71. The molecule has 2 aromatic heterocycles. The first-order chi connectivity index (χ1) is 14.6. The zero-order valence-corrected chi connectivity index (χ0v) is 17.2. The SMILES string of the molecule is CCc1ccc(-c2nn(-c3ccccc3)cc2C(=O)NC(C)Cn2ccnc2)cc1. The van der Waals surface area contributed by atoms with E-state index in [9.17, 15) is 4.79 Å². The standard InChI is InChI=1S/C24H25N5O/c1-3-19-9-11-20(12-10-19)23-22(16-29(27-23)21-7-5-4-6-8-21)24(30)26-18(2)15-28-14-13-25-17-28/h4-14,16-18H,3,15H2,1-2H3,(H,26,30). The second-order valence-corrected chi connectivity index (χ2v) is 7.36. The molecule has 4 rings (SSSR count). The van der Waals surface area contributed by atoms with Crippen molar-refractivity contribution in [1.29, 1.82) is 0 Å². The Bertz CT molecular complexity index is 1100. The Morgan fingerprint density at radius 3 is 2.53 bits per heavy atom. The quantitative estimate of drug-likeness (QED) is 0.508. The molecule has 0 aliphatic rings. The summed E-state index contributed by atoms with van der Waals surface area (Å²) in [7, 11) is 0. The summed E-state index contributed by atoms with van der Waals surface area (Å²) in [4.78, 5) is 17.2. The molecule has 0 saturated carbocycles. The fourth-order valence-corrected chi connectivity index (χ4v) is 3.42. The van der Waals surface area contributed by atoms with Gasteiger partial charge in [0.15, 0.2) is 0 Å². The maximum absolute atomic E-state index is 13.2. The van der Waals surface area contributed by atoms with Gasteiger partial charge in [-0.3, -0.25) is 4.79 Å². The molecule has 1 atom stereocenters. The van der Waals surface area contributed by atoms with E-state index in [0.717, 1.165) is 17.7 Å². The summed E-state index contributed by atoms with van der Waals surface area (Å²) in [5.74, 6) is -0.139. The molecule has 0 bridgehead atoms. The van der Waals surface area contributed by atoms with Crippen LogP contribution in [0, 0.1) is 0 Å². The van der Waals surface area contributed by atoms with Crippen LogP contribution in [0.25, 0.3) is 16.9 Å². The van der Waals surface area contributed by atoms with E-state index in [0.29, 0.717) is 17.8 Å². The molecule has 0 aliphatic carbocycles. The van der Waals surface area contributed by atoms with E-state index >= 15 is 0 Å². The Hall–Kier alpha value is -3.67. The molecule has 0 fully saturated rings. The van der Waals surface area contributed by atoms with Gasteiger partial charge in [-0.1, -0.05) is 49.4 Å². The lowest BCUT2D eigenvalue weighted by Crippen LogP contribution is -2.35. The van der Waals surface area contributed by atoms with Crippen LogP contribution in [-0.2, 0) is 13.0 Å². The third-order valence-electron chi connectivity index (χ3n) is 5.04. The lowest BCUT2D eigenvalue weighted by Gasteiger charge is -2.14. The number of nitrogens with one attached hydrogen (secondary N) is 1. The van der Waals surface area contributed by atoms with Gasteiger partial charge in [0.1, 0.15) is 5.69 Å². The highest BCUT2D eigenvalue weighted by Crippen LogP contribution is 2.24. The summed E-state index contributed by atoms with van der Waals surface area (Å²) in [6, 6.07) is 18.0.